The molecule has 1 heterocycles. The van der Waals surface area contributed by atoms with Gasteiger partial charge in [0, 0.05) is 39.0 Å². The van der Waals surface area contributed by atoms with Crippen LogP contribution in [0.1, 0.15) is 51.7 Å². The first-order valence-corrected chi connectivity index (χ1v) is 17.0. The molecule has 8 nitrogen and oxygen atoms in total. The lowest BCUT2D eigenvalue weighted by atomic mass is 9.92. The first kappa shape index (κ1) is 33.9. The van der Waals surface area contributed by atoms with Crippen molar-refractivity contribution in [3.05, 3.63) is 96.1 Å². The Morgan fingerprint density at radius 3 is 2.04 bits per heavy atom. The smallest absolute Gasteiger partial charge is 0.245 e. The van der Waals surface area contributed by atoms with Crippen LogP contribution in [0.4, 0.5) is 0 Å². The van der Waals surface area contributed by atoms with Gasteiger partial charge in [-0.2, -0.15) is 0 Å². The number of hydrogen-bond donors (Lipinski definition) is 3. The topological polar surface area (TPSA) is 117 Å². The zero-order chi connectivity index (χ0) is 33.5. The second-order valence-electron chi connectivity index (χ2n) is 13.4. The molecule has 1 fully saturated rings. The SMILES string of the molecule is CC[C@H](N=C(N)N)C1CN(CCc2ccc3ccccc3c2)C(CC(C)C)CN1C(=O)C(Cc1ccc2ccccc2c1)NC(C)=O. The summed E-state index contributed by atoms with van der Waals surface area (Å²) in [5, 5.41) is 7.71. The van der Waals surface area contributed by atoms with Crippen molar-refractivity contribution < 1.29 is 9.59 Å². The number of benzene rings is 4. The van der Waals surface area contributed by atoms with Crippen LogP contribution < -0.4 is 16.8 Å². The van der Waals surface area contributed by atoms with Gasteiger partial charge in [0.1, 0.15) is 6.04 Å². The average molecular weight is 635 g/mol. The van der Waals surface area contributed by atoms with Gasteiger partial charge in [0.25, 0.3) is 0 Å². The van der Waals surface area contributed by atoms with Crippen molar-refractivity contribution >= 4 is 39.3 Å². The number of nitrogens with zero attached hydrogens (tertiary/aromatic N) is 3. The largest absolute Gasteiger partial charge is 0.370 e. The van der Waals surface area contributed by atoms with Crippen molar-refractivity contribution in [2.24, 2.45) is 22.4 Å². The Balaban J connectivity index is 1.44. The van der Waals surface area contributed by atoms with Crippen LogP contribution in [0.25, 0.3) is 21.5 Å². The van der Waals surface area contributed by atoms with Gasteiger partial charge < -0.3 is 21.7 Å². The highest BCUT2D eigenvalue weighted by molar-refractivity contribution is 5.88. The first-order chi connectivity index (χ1) is 22.6. The Morgan fingerprint density at radius 1 is 0.872 bits per heavy atom. The highest BCUT2D eigenvalue weighted by atomic mass is 16.2. The molecule has 3 unspecified atom stereocenters. The molecule has 4 aromatic rings. The third kappa shape index (κ3) is 8.69. The van der Waals surface area contributed by atoms with Crippen LogP contribution in [0.15, 0.2) is 89.9 Å². The quantitative estimate of drug-likeness (QED) is 0.145. The Bertz CT molecular complexity index is 1710. The molecule has 1 saturated heterocycles. The molecule has 0 aliphatic carbocycles. The van der Waals surface area contributed by atoms with Gasteiger partial charge in [-0.15, -0.1) is 0 Å². The molecular weight excluding hydrogens is 584 g/mol. The van der Waals surface area contributed by atoms with Crippen LogP contribution in [0.2, 0.25) is 0 Å². The molecule has 0 saturated carbocycles. The summed E-state index contributed by atoms with van der Waals surface area (Å²) < 4.78 is 0. The monoisotopic (exact) mass is 634 g/mol. The van der Waals surface area contributed by atoms with Gasteiger partial charge in [-0.25, -0.2) is 4.99 Å². The van der Waals surface area contributed by atoms with Gasteiger partial charge >= 0.3 is 0 Å². The molecule has 1 aliphatic heterocycles. The summed E-state index contributed by atoms with van der Waals surface area (Å²) in [6.07, 6.45) is 2.92. The van der Waals surface area contributed by atoms with Crippen molar-refractivity contribution in [2.45, 2.75) is 77.5 Å². The van der Waals surface area contributed by atoms with E-state index in [-0.39, 0.29) is 35.9 Å². The van der Waals surface area contributed by atoms with Crippen molar-refractivity contribution in [3.8, 4) is 0 Å². The van der Waals surface area contributed by atoms with Crippen molar-refractivity contribution in [1.82, 2.24) is 15.1 Å². The van der Waals surface area contributed by atoms with Gasteiger partial charge in [0.2, 0.25) is 11.8 Å². The molecule has 1 aliphatic rings. The number of carbonyl (C=O) groups is 2. The number of hydrogen-bond acceptors (Lipinski definition) is 4. The van der Waals surface area contributed by atoms with E-state index in [1.165, 1.54) is 23.3 Å². The number of nitrogens with two attached hydrogens (primary N) is 2. The lowest BCUT2D eigenvalue weighted by molar-refractivity contribution is -0.143. The predicted octanol–water partition coefficient (Wildman–Crippen LogP) is 5.26. The summed E-state index contributed by atoms with van der Waals surface area (Å²) in [5.74, 6) is 0.140. The predicted molar refractivity (Wildman–Crippen MR) is 193 cm³/mol. The molecule has 4 atom stereocenters. The number of amides is 2. The standard InChI is InChI=1S/C39H50N6O2/c1-5-35(43-39(40)41)37-25-44(19-18-28-14-16-30-10-6-8-12-32(30)21-28)34(20-26(2)3)24-45(37)38(47)36(42-27(4)46)23-29-15-17-31-11-7-9-13-33(31)22-29/h6-17,21-22,26,34-37H,5,18-20,23-25H2,1-4H3,(H,42,46)(H4,40,41,43)/t34?,35-,36?,37?/m0/s1. The summed E-state index contributed by atoms with van der Waals surface area (Å²) in [7, 11) is 0. The van der Waals surface area contributed by atoms with E-state index in [2.05, 4.69) is 103 Å². The molecule has 0 bridgehead atoms. The molecular formula is C39H50N6O2. The van der Waals surface area contributed by atoms with Gasteiger partial charge in [-0.05, 0) is 57.9 Å². The fraction of sp³-hybridized carbons (Fsp3) is 0.410. The Kier molecular flexibility index (Phi) is 11.1. The number of rotatable bonds is 12. The molecule has 5 N–H and O–H groups in total. The summed E-state index contributed by atoms with van der Waals surface area (Å²) in [6.45, 7) is 10.0. The fourth-order valence-corrected chi connectivity index (χ4v) is 7.15. The molecule has 0 spiro atoms. The van der Waals surface area contributed by atoms with Gasteiger partial charge in [-0.1, -0.05) is 106 Å². The third-order valence-corrected chi connectivity index (χ3v) is 9.38. The van der Waals surface area contributed by atoms with E-state index in [1.807, 2.05) is 23.1 Å². The molecule has 5 rings (SSSR count). The van der Waals surface area contributed by atoms with E-state index < -0.39 is 6.04 Å². The van der Waals surface area contributed by atoms with Gasteiger partial charge in [0.05, 0.1) is 12.1 Å². The third-order valence-electron chi connectivity index (χ3n) is 9.38. The van der Waals surface area contributed by atoms with E-state index in [0.717, 1.165) is 35.7 Å². The Morgan fingerprint density at radius 2 is 1.47 bits per heavy atom. The minimum Gasteiger partial charge on any atom is -0.370 e. The second-order valence-corrected chi connectivity index (χ2v) is 13.4. The van der Waals surface area contributed by atoms with E-state index in [1.54, 1.807) is 0 Å². The number of carbonyl (C=O) groups excluding carboxylic acids is 2. The molecule has 0 radical (unpaired) electrons. The number of guanidine groups is 1. The van der Waals surface area contributed by atoms with Crippen molar-refractivity contribution in [1.29, 1.82) is 0 Å². The van der Waals surface area contributed by atoms with Crippen LogP contribution in [0, 0.1) is 5.92 Å². The Labute approximate surface area is 279 Å². The number of aliphatic imine (C=N–C) groups is 1. The normalized spacial score (nSPS) is 18.3. The van der Waals surface area contributed by atoms with Crippen LogP contribution in [-0.2, 0) is 22.4 Å². The Hall–Kier alpha value is -4.43. The summed E-state index contributed by atoms with van der Waals surface area (Å²) in [5.41, 5.74) is 14.2. The molecule has 0 aromatic heterocycles. The number of nitrogens with one attached hydrogen (secondary N) is 1. The summed E-state index contributed by atoms with van der Waals surface area (Å²) in [4.78, 5) is 36.3. The van der Waals surface area contributed by atoms with Crippen molar-refractivity contribution in [3.63, 3.8) is 0 Å². The number of piperazine rings is 1. The maximum Gasteiger partial charge on any atom is 0.245 e. The highest BCUT2D eigenvalue weighted by Gasteiger charge is 2.42. The highest BCUT2D eigenvalue weighted by Crippen LogP contribution is 2.27. The maximum absolute atomic E-state index is 14.6. The molecule has 4 aromatic carbocycles. The maximum atomic E-state index is 14.6. The van der Waals surface area contributed by atoms with Crippen molar-refractivity contribution in [2.75, 3.05) is 19.6 Å². The van der Waals surface area contributed by atoms with Gasteiger partial charge in [-0.3, -0.25) is 14.5 Å². The van der Waals surface area contributed by atoms with Crippen LogP contribution in [0.5, 0.6) is 0 Å². The number of fused-ring (bicyclic) bond motifs is 2. The zero-order valence-electron chi connectivity index (χ0n) is 28.2. The van der Waals surface area contributed by atoms with Crippen LogP contribution >= 0.6 is 0 Å². The van der Waals surface area contributed by atoms with Gasteiger partial charge in [0.15, 0.2) is 5.96 Å². The van der Waals surface area contributed by atoms with Crippen LogP contribution in [0.3, 0.4) is 0 Å². The zero-order valence-corrected chi connectivity index (χ0v) is 28.2. The van der Waals surface area contributed by atoms with E-state index in [9.17, 15) is 9.59 Å². The molecule has 8 heteroatoms. The molecule has 47 heavy (non-hydrogen) atoms. The summed E-state index contributed by atoms with van der Waals surface area (Å²) in [6, 6.07) is 28.5. The lowest BCUT2D eigenvalue weighted by Gasteiger charge is -2.49. The molecule has 248 valence electrons. The molecule has 2 amide bonds. The minimum absolute atomic E-state index is 0.0193. The average Bonchev–Trinajstić information content (AvgIpc) is 3.05. The fourth-order valence-electron chi connectivity index (χ4n) is 7.15. The van der Waals surface area contributed by atoms with E-state index in [0.29, 0.717) is 31.8 Å². The summed E-state index contributed by atoms with van der Waals surface area (Å²) >= 11 is 0. The minimum atomic E-state index is -0.711. The lowest BCUT2D eigenvalue weighted by Crippen LogP contribution is -2.66. The second kappa shape index (κ2) is 15.4. The van der Waals surface area contributed by atoms with Crippen LogP contribution in [-0.4, -0.2) is 71.4 Å². The first-order valence-electron chi connectivity index (χ1n) is 17.0. The van der Waals surface area contributed by atoms with E-state index in [4.69, 9.17) is 11.5 Å². The van der Waals surface area contributed by atoms with E-state index >= 15 is 0 Å².